The molecule has 3 N–H and O–H groups in total. The van der Waals surface area contributed by atoms with Crippen molar-refractivity contribution in [1.82, 2.24) is 9.97 Å². The maximum atomic E-state index is 11.7. The van der Waals surface area contributed by atoms with E-state index in [4.69, 9.17) is 5.73 Å². The minimum atomic E-state index is -0.581. The fourth-order valence-electron chi connectivity index (χ4n) is 1.49. The van der Waals surface area contributed by atoms with Crippen molar-refractivity contribution in [2.75, 3.05) is 12.8 Å². The first-order valence-electron chi connectivity index (χ1n) is 4.50. The van der Waals surface area contributed by atoms with Crippen LogP contribution in [-0.2, 0) is 4.74 Å². The summed E-state index contributed by atoms with van der Waals surface area (Å²) in [5.41, 5.74) is 5.49. The molecule has 0 radical (unpaired) electrons. The van der Waals surface area contributed by atoms with E-state index >= 15 is 0 Å². The Morgan fingerprint density at radius 3 is 2.94 bits per heavy atom. The molecule has 0 spiro atoms. The average molecular weight is 219 g/mol. The lowest BCUT2D eigenvalue weighted by atomic mass is 10.1. The second-order valence-corrected chi connectivity index (χ2v) is 3.14. The molecule has 0 aliphatic rings. The molecular weight excluding hydrogens is 210 g/mol. The molecule has 1 aromatic carbocycles. The number of aromatic amines is 1. The third kappa shape index (κ3) is 1.50. The maximum Gasteiger partial charge on any atom is 0.338 e. The van der Waals surface area contributed by atoms with Crippen LogP contribution in [0.3, 0.4) is 0 Å². The molecule has 0 aliphatic heterocycles. The molecule has 16 heavy (non-hydrogen) atoms. The molecular formula is C10H9N3O3. The SMILES string of the molecule is COC(=O)c1cccc2nc(N)[nH]c(=O)c12. The predicted molar refractivity (Wildman–Crippen MR) is 58.1 cm³/mol. The van der Waals surface area contributed by atoms with Crippen LogP contribution < -0.4 is 11.3 Å². The minimum absolute atomic E-state index is 0.0134. The molecule has 0 unspecified atom stereocenters. The number of nitrogens with two attached hydrogens (primary N) is 1. The smallest absolute Gasteiger partial charge is 0.338 e. The molecule has 0 atom stereocenters. The van der Waals surface area contributed by atoms with E-state index in [9.17, 15) is 9.59 Å². The van der Waals surface area contributed by atoms with Gasteiger partial charge in [0.15, 0.2) is 0 Å². The number of nitrogen functional groups attached to an aromatic ring is 1. The van der Waals surface area contributed by atoms with Gasteiger partial charge in [-0.15, -0.1) is 0 Å². The van der Waals surface area contributed by atoms with Gasteiger partial charge in [0.25, 0.3) is 5.56 Å². The molecule has 6 heteroatoms. The molecule has 0 bridgehead atoms. The number of ether oxygens (including phenoxy) is 1. The lowest BCUT2D eigenvalue weighted by Crippen LogP contribution is -2.15. The molecule has 1 aromatic heterocycles. The summed E-state index contributed by atoms with van der Waals surface area (Å²) in [5.74, 6) is -0.567. The van der Waals surface area contributed by atoms with Crippen LogP contribution in [0.25, 0.3) is 10.9 Å². The lowest BCUT2D eigenvalue weighted by Gasteiger charge is -2.03. The van der Waals surface area contributed by atoms with Crippen LogP contribution in [-0.4, -0.2) is 23.0 Å². The molecule has 0 aliphatic carbocycles. The van der Waals surface area contributed by atoms with Crippen molar-refractivity contribution in [2.24, 2.45) is 0 Å². The summed E-state index contributed by atoms with van der Waals surface area (Å²) < 4.78 is 4.58. The third-order valence-electron chi connectivity index (χ3n) is 2.16. The monoisotopic (exact) mass is 219 g/mol. The topological polar surface area (TPSA) is 98.1 Å². The maximum absolute atomic E-state index is 11.7. The molecule has 0 fully saturated rings. The first-order valence-corrected chi connectivity index (χ1v) is 4.50. The molecule has 1 heterocycles. The number of H-pyrrole nitrogens is 1. The van der Waals surface area contributed by atoms with Crippen molar-refractivity contribution in [1.29, 1.82) is 0 Å². The fourth-order valence-corrected chi connectivity index (χ4v) is 1.49. The number of hydrogen-bond acceptors (Lipinski definition) is 5. The summed E-state index contributed by atoms with van der Waals surface area (Å²) in [6.07, 6.45) is 0. The number of anilines is 1. The average Bonchev–Trinajstić information content (AvgIpc) is 2.26. The van der Waals surface area contributed by atoms with E-state index in [1.807, 2.05) is 0 Å². The van der Waals surface area contributed by atoms with E-state index in [-0.39, 0.29) is 16.9 Å². The summed E-state index contributed by atoms with van der Waals surface area (Å²) >= 11 is 0. The third-order valence-corrected chi connectivity index (χ3v) is 2.16. The molecule has 2 rings (SSSR count). The molecule has 82 valence electrons. The number of nitrogens with zero attached hydrogens (tertiary/aromatic N) is 1. The van der Waals surface area contributed by atoms with Crippen molar-refractivity contribution in [2.45, 2.75) is 0 Å². The van der Waals surface area contributed by atoms with Crippen LogP contribution in [0.15, 0.2) is 23.0 Å². The molecule has 0 saturated heterocycles. The second-order valence-electron chi connectivity index (χ2n) is 3.14. The number of esters is 1. The zero-order valence-corrected chi connectivity index (χ0v) is 8.48. The van der Waals surface area contributed by atoms with Crippen molar-refractivity contribution in [3.63, 3.8) is 0 Å². The molecule has 2 aromatic rings. The fraction of sp³-hybridized carbons (Fsp3) is 0.100. The number of carbonyl (C=O) groups is 1. The number of carbonyl (C=O) groups excluding carboxylic acids is 1. The van der Waals surface area contributed by atoms with Crippen LogP contribution in [0.2, 0.25) is 0 Å². The lowest BCUT2D eigenvalue weighted by molar-refractivity contribution is 0.0603. The van der Waals surface area contributed by atoms with Crippen molar-refractivity contribution >= 4 is 22.8 Å². The number of benzene rings is 1. The zero-order valence-electron chi connectivity index (χ0n) is 8.48. The Bertz CT molecular complexity index is 618. The standard InChI is InChI=1S/C10H9N3O3/c1-16-9(15)5-3-2-4-6-7(5)8(14)13-10(11)12-6/h2-4H,1H3,(H3,11,12,13,14). The van der Waals surface area contributed by atoms with Crippen LogP contribution in [0.4, 0.5) is 5.95 Å². The van der Waals surface area contributed by atoms with E-state index in [1.54, 1.807) is 12.1 Å². The van der Waals surface area contributed by atoms with Crippen molar-refractivity contribution < 1.29 is 9.53 Å². The molecule has 0 saturated carbocycles. The summed E-state index contributed by atoms with van der Waals surface area (Å²) in [6.45, 7) is 0. The second kappa shape index (κ2) is 3.65. The molecule has 0 amide bonds. The highest BCUT2D eigenvalue weighted by Crippen LogP contribution is 2.14. The zero-order chi connectivity index (χ0) is 11.7. The Kier molecular flexibility index (Phi) is 2.32. The van der Waals surface area contributed by atoms with Gasteiger partial charge in [-0.3, -0.25) is 9.78 Å². The number of aromatic nitrogens is 2. The number of rotatable bonds is 1. The van der Waals surface area contributed by atoms with Gasteiger partial charge in [-0.1, -0.05) is 6.07 Å². The van der Waals surface area contributed by atoms with Gasteiger partial charge in [0.05, 0.1) is 23.6 Å². The van der Waals surface area contributed by atoms with Gasteiger partial charge in [0, 0.05) is 0 Å². The Labute approximate surface area is 90.1 Å². The number of hydrogen-bond donors (Lipinski definition) is 2. The summed E-state index contributed by atoms with van der Waals surface area (Å²) in [7, 11) is 1.25. The largest absolute Gasteiger partial charge is 0.465 e. The summed E-state index contributed by atoms with van der Waals surface area (Å²) in [5, 5.41) is 0.184. The summed E-state index contributed by atoms with van der Waals surface area (Å²) in [4.78, 5) is 29.4. The highest BCUT2D eigenvalue weighted by atomic mass is 16.5. The Morgan fingerprint density at radius 2 is 2.25 bits per heavy atom. The quantitative estimate of drug-likeness (QED) is 0.672. The van der Waals surface area contributed by atoms with Gasteiger partial charge in [-0.05, 0) is 12.1 Å². The van der Waals surface area contributed by atoms with E-state index in [1.165, 1.54) is 13.2 Å². The van der Waals surface area contributed by atoms with Gasteiger partial charge in [-0.25, -0.2) is 9.78 Å². The van der Waals surface area contributed by atoms with Gasteiger partial charge in [-0.2, -0.15) is 0 Å². The van der Waals surface area contributed by atoms with E-state index in [2.05, 4.69) is 14.7 Å². The van der Waals surface area contributed by atoms with Gasteiger partial charge in [0.1, 0.15) is 0 Å². The van der Waals surface area contributed by atoms with Crippen molar-refractivity contribution in [3.05, 3.63) is 34.1 Å². The van der Waals surface area contributed by atoms with Crippen LogP contribution >= 0.6 is 0 Å². The molecule has 6 nitrogen and oxygen atoms in total. The number of nitrogens with one attached hydrogen (secondary N) is 1. The van der Waals surface area contributed by atoms with Gasteiger partial charge < -0.3 is 10.5 Å². The van der Waals surface area contributed by atoms with Crippen molar-refractivity contribution in [3.8, 4) is 0 Å². The van der Waals surface area contributed by atoms with Crippen LogP contribution in [0, 0.1) is 0 Å². The van der Waals surface area contributed by atoms with Gasteiger partial charge in [0.2, 0.25) is 5.95 Å². The Hall–Kier alpha value is -2.37. The van der Waals surface area contributed by atoms with Crippen LogP contribution in [0.1, 0.15) is 10.4 Å². The van der Waals surface area contributed by atoms with E-state index in [0.29, 0.717) is 5.52 Å². The van der Waals surface area contributed by atoms with E-state index in [0.717, 1.165) is 0 Å². The number of fused-ring (bicyclic) bond motifs is 1. The first-order chi connectivity index (χ1) is 7.63. The Balaban J connectivity index is 2.87. The van der Waals surface area contributed by atoms with Crippen LogP contribution in [0.5, 0.6) is 0 Å². The number of methoxy groups -OCH3 is 1. The normalized spacial score (nSPS) is 10.3. The van der Waals surface area contributed by atoms with E-state index < -0.39 is 11.5 Å². The Morgan fingerprint density at radius 1 is 1.50 bits per heavy atom. The predicted octanol–water partition coefficient (Wildman–Crippen LogP) is 0.292. The van der Waals surface area contributed by atoms with Gasteiger partial charge >= 0.3 is 5.97 Å². The highest BCUT2D eigenvalue weighted by molar-refractivity contribution is 6.03. The highest BCUT2D eigenvalue weighted by Gasteiger charge is 2.13. The minimum Gasteiger partial charge on any atom is -0.465 e. The summed E-state index contributed by atoms with van der Waals surface area (Å²) in [6, 6.07) is 4.72. The first kappa shape index (κ1) is 10.2.